The molecule has 21 heteroatoms. The van der Waals surface area contributed by atoms with E-state index in [9.17, 15) is 69.3 Å². The monoisotopic (exact) mass is 1020 g/mol. The number of rotatable bonds is 19. The maximum Gasteiger partial charge on any atom is 0.248 e. The molecular formula is C51H83N7O14. The fraction of sp³-hybridized carbons (Fsp3) is 0.745. The molecule has 7 amide bonds. The Morgan fingerprint density at radius 3 is 1.89 bits per heavy atom. The minimum absolute atomic E-state index is 0.0276. The summed E-state index contributed by atoms with van der Waals surface area (Å²) in [5.74, 6) is -5.44. The first-order valence-corrected chi connectivity index (χ1v) is 26.0. The first-order chi connectivity index (χ1) is 34.1. The summed E-state index contributed by atoms with van der Waals surface area (Å²) < 4.78 is 0. The number of hydrogen-bond donors (Lipinski definition) is 12. The summed E-state index contributed by atoms with van der Waals surface area (Å²) in [6.45, 7) is 10.1. The van der Waals surface area contributed by atoms with Gasteiger partial charge >= 0.3 is 0 Å². The molecule has 0 saturated carbocycles. The van der Waals surface area contributed by atoms with Gasteiger partial charge in [0.15, 0.2) is 0 Å². The maximum absolute atomic E-state index is 14.4. The van der Waals surface area contributed by atoms with E-state index < -0.39 is 133 Å². The third-order valence-corrected chi connectivity index (χ3v) is 14.4. The highest BCUT2D eigenvalue weighted by atomic mass is 16.3. The van der Waals surface area contributed by atoms with Crippen molar-refractivity contribution >= 4 is 41.4 Å². The Kier molecular flexibility index (Phi) is 23.6. The minimum Gasteiger partial charge on any atom is -0.508 e. The molecule has 0 aliphatic carbocycles. The Hall–Kier alpha value is -4.93. The van der Waals surface area contributed by atoms with Gasteiger partial charge in [-0.25, -0.2) is 0 Å². The van der Waals surface area contributed by atoms with Crippen LogP contribution in [-0.2, 0) is 40.0 Å². The predicted octanol–water partition coefficient (Wildman–Crippen LogP) is -0.227. The van der Waals surface area contributed by atoms with Crippen LogP contribution < -0.4 is 26.6 Å². The second-order valence-electron chi connectivity index (χ2n) is 20.6. The first kappa shape index (κ1) is 59.6. The highest BCUT2D eigenvalue weighted by Crippen LogP contribution is 2.25. The number of carbonyl (C=O) groups excluding carboxylic acids is 7. The van der Waals surface area contributed by atoms with Gasteiger partial charge in [0.1, 0.15) is 42.0 Å². The minimum atomic E-state index is -1.91. The van der Waals surface area contributed by atoms with Crippen LogP contribution in [-0.4, -0.2) is 179 Å². The third kappa shape index (κ3) is 17.1. The summed E-state index contributed by atoms with van der Waals surface area (Å²) in [6, 6.07) is -5.75. The fourth-order valence-electron chi connectivity index (χ4n) is 9.95. The van der Waals surface area contributed by atoms with E-state index in [0.717, 1.165) is 41.9 Å². The molecule has 15 unspecified atom stereocenters. The van der Waals surface area contributed by atoms with Crippen LogP contribution in [0.1, 0.15) is 137 Å². The van der Waals surface area contributed by atoms with Gasteiger partial charge in [-0.1, -0.05) is 84.8 Å². The molecule has 21 nitrogen and oxygen atoms in total. The van der Waals surface area contributed by atoms with Crippen molar-refractivity contribution in [2.45, 2.75) is 217 Å². The van der Waals surface area contributed by atoms with Crippen LogP contribution in [0.4, 0.5) is 0 Å². The van der Waals surface area contributed by atoms with Crippen molar-refractivity contribution in [3.63, 3.8) is 0 Å². The van der Waals surface area contributed by atoms with E-state index in [-0.39, 0.29) is 44.4 Å². The molecule has 0 bridgehead atoms. The lowest BCUT2D eigenvalue weighted by Gasteiger charge is -2.33. The average molecular weight is 1020 g/mol. The number of nitrogens with zero attached hydrogens (tertiary/aromatic N) is 2. The molecule has 3 fully saturated rings. The summed E-state index contributed by atoms with van der Waals surface area (Å²) in [6.07, 6.45) is -1.61. The normalized spacial score (nSPS) is 29.3. The molecule has 0 aromatic heterocycles. The van der Waals surface area contributed by atoms with E-state index in [4.69, 9.17) is 0 Å². The quantitative estimate of drug-likeness (QED) is 0.0798. The van der Waals surface area contributed by atoms with Gasteiger partial charge in [-0.15, -0.1) is 0 Å². The second kappa shape index (κ2) is 28.5. The average Bonchev–Trinajstić information content (AvgIpc) is 3.92. The Morgan fingerprint density at radius 1 is 0.694 bits per heavy atom. The molecule has 4 rings (SSSR count). The number of aromatic hydroxyl groups is 1. The molecule has 1 aromatic rings. The van der Waals surface area contributed by atoms with Crippen LogP contribution in [0.3, 0.4) is 0 Å². The lowest BCUT2D eigenvalue weighted by Crippen LogP contribution is -2.64. The summed E-state index contributed by atoms with van der Waals surface area (Å²) in [4.78, 5) is 101. The fourth-order valence-corrected chi connectivity index (χ4v) is 9.95. The zero-order valence-electron chi connectivity index (χ0n) is 42.9. The van der Waals surface area contributed by atoms with Crippen molar-refractivity contribution in [3.05, 3.63) is 29.8 Å². The Morgan fingerprint density at radius 2 is 1.28 bits per heavy atom. The summed E-state index contributed by atoms with van der Waals surface area (Å²) >= 11 is 0. The van der Waals surface area contributed by atoms with Crippen LogP contribution in [0.25, 0.3) is 0 Å². The number of phenolic OH excluding ortho intramolecular Hbond substituents is 1. The van der Waals surface area contributed by atoms with Crippen LogP contribution in [0.15, 0.2) is 24.3 Å². The lowest BCUT2D eigenvalue weighted by atomic mass is 9.91. The van der Waals surface area contributed by atoms with Crippen LogP contribution in [0, 0.1) is 11.8 Å². The molecule has 0 spiro atoms. The number of hydrogen-bond acceptors (Lipinski definition) is 14. The molecule has 3 aliphatic rings. The first-order valence-electron chi connectivity index (χ1n) is 26.0. The van der Waals surface area contributed by atoms with Crippen molar-refractivity contribution in [3.8, 4) is 5.75 Å². The summed E-state index contributed by atoms with van der Waals surface area (Å²) in [7, 11) is 0. The second-order valence-corrected chi connectivity index (χ2v) is 20.6. The van der Waals surface area contributed by atoms with Gasteiger partial charge < -0.3 is 72.1 Å². The molecule has 72 heavy (non-hydrogen) atoms. The molecule has 12 N–H and O–H groups in total. The number of amides is 7. The Labute approximate surface area is 423 Å². The van der Waals surface area contributed by atoms with E-state index in [0.29, 0.717) is 23.8 Å². The highest BCUT2D eigenvalue weighted by Gasteiger charge is 2.48. The van der Waals surface area contributed by atoms with E-state index in [2.05, 4.69) is 47.4 Å². The van der Waals surface area contributed by atoms with Crippen LogP contribution >= 0.6 is 0 Å². The number of unbranched alkanes of at least 4 members (excludes halogenated alkanes) is 5. The van der Waals surface area contributed by atoms with Gasteiger partial charge in [0, 0.05) is 38.8 Å². The van der Waals surface area contributed by atoms with E-state index in [1.165, 1.54) is 57.4 Å². The zero-order chi connectivity index (χ0) is 53.4. The van der Waals surface area contributed by atoms with Crippen molar-refractivity contribution in [2.24, 2.45) is 11.8 Å². The van der Waals surface area contributed by atoms with Gasteiger partial charge in [-0.2, -0.15) is 0 Å². The van der Waals surface area contributed by atoms with E-state index >= 15 is 0 Å². The molecule has 3 saturated heterocycles. The lowest BCUT2D eigenvalue weighted by molar-refractivity contribution is -0.147. The summed E-state index contributed by atoms with van der Waals surface area (Å²) in [5.41, 5.74) is 0.403. The molecule has 3 heterocycles. The largest absolute Gasteiger partial charge is 0.508 e. The third-order valence-electron chi connectivity index (χ3n) is 14.4. The van der Waals surface area contributed by atoms with Gasteiger partial charge in [-0.05, 0) is 69.1 Å². The molecular weight excluding hydrogens is 935 g/mol. The number of aliphatic hydroxyl groups excluding tert-OH is 6. The number of benzene rings is 1. The zero-order valence-corrected chi connectivity index (χ0v) is 42.9. The number of aliphatic hydroxyl groups is 6. The SMILES string of the molecule is CCC(C)CC(C)CCCCCCCCC(=O)NC1CC(O)C(CC)NC(=O)C2C(O)CCN2C(=O)C(C(C)O)NC(=O)C(C(O)Cc2ccc(O)cc2)NC(=O)C2CC(O)CN2C(=O)C(C(C)O)NC1=O. The standard InChI is InChI=1S/C51H83N7O14/c1-7-28(3)23-29(4)15-13-11-9-10-12-14-16-41(66)52-36-26-39(64)35(8-2)53-49(70)45-38(63)21-22-57(45)50(71)42(30(5)59)55-48(69)44(40(65)24-32-17-19-33(61)20-18-32)56-47(68)37-25-34(62)27-58(37)51(72)43(31(6)60)54-46(36)67/h17-20,28-31,34-40,42-45,59-65H,7-16,21-27H2,1-6H3,(H,52,66)(H,53,70)(H,54,67)(H,55,69)(H,56,68). The predicted molar refractivity (Wildman–Crippen MR) is 264 cm³/mol. The van der Waals surface area contributed by atoms with Crippen molar-refractivity contribution in [1.29, 1.82) is 0 Å². The number of carbonyl (C=O) groups is 7. The van der Waals surface area contributed by atoms with Crippen molar-refractivity contribution < 1.29 is 69.3 Å². The van der Waals surface area contributed by atoms with E-state index in [1.807, 2.05) is 0 Å². The van der Waals surface area contributed by atoms with E-state index in [1.54, 1.807) is 6.92 Å². The highest BCUT2D eigenvalue weighted by molar-refractivity contribution is 5.98. The van der Waals surface area contributed by atoms with Crippen LogP contribution in [0.5, 0.6) is 5.75 Å². The summed E-state index contributed by atoms with van der Waals surface area (Å²) in [5, 5.41) is 89.5. The molecule has 1 aromatic carbocycles. The molecule has 0 radical (unpaired) electrons. The maximum atomic E-state index is 14.4. The smallest absolute Gasteiger partial charge is 0.248 e. The van der Waals surface area contributed by atoms with Crippen LogP contribution in [0.2, 0.25) is 0 Å². The number of phenols is 1. The van der Waals surface area contributed by atoms with Gasteiger partial charge in [0.05, 0.1) is 42.7 Å². The van der Waals surface area contributed by atoms with Gasteiger partial charge in [-0.3, -0.25) is 33.6 Å². The van der Waals surface area contributed by atoms with Gasteiger partial charge in [0.2, 0.25) is 41.4 Å². The Balaban J connectivity index is 1.65. The molecule has 15 atom stereocenters. The Bertz CT molecular complexity index is 1960. The van der Waals surface area contributed by atoms with Crippen molar-refractivity contribution in [2.75, 3.05) is 13.1 Å². The topological polar surface area (TPSA) is 328 Å². The molecule has 406 valence electrons. The number of nitrogens with one attached hydrogen (secondary N) is 5. The number of fused-ring (bicyclic) bond motifs is 2. The van der Waals surface area contributed by atoms with Gasteiger partial charge in [0.25, 0.3) is 0 Å². The molecule has 3 aliphatic heterocycles. The van der Waals surface area contributed by atoms with Crippen molar-refractivity contribution in [1.82, 2.24) is 36.4 Å².